The first kappa shape index (κ1) is 22.5. The average molecular weight is 469 g/mol. The van der Waals surface area contributed by atoms with Crippen LogP contribution in [0.5, 0.6) is 11.5 Å². The van der Waals surface area contributed by atoms with Crippen molar-refractivity contribution in [2.75, 3.05) is 20.8 Å². The Hall–Kier alpha value is -3.72. The van der Waals surface area contributed by atoms with Gasteiger partial charge in [0, 0.05) is 6.42 Å². The van der Waals surface area contributed by atoms with Crippen molar-refractivity contribution in [1.29, 1.82) is 0 Å². The van der Waals surface area contributed by atoms with Crippen molar-refractivity contribution < 1.29 is 28.2 Å². The zero-order valence-corrected chi connectivity index (χ0v) is 18.8. The van der Waals surface area contributed by atoms with Gasteiger partial charge in [0.05, 0.1) is 36.4 Å². The number of nitrogens with zero attached hydrogens (tertiary/aromatic N) is 2. The maximum atomic E-state index is 13.1. The summed E-state index contributed by atoms with van der Waals surface area (Å²) in [5.41, 5.74) is 1.73. The highest BCUT2D eigenvalue weighted by Crippen LogP contribution is 2.37. The van der Waals surface area contributed by atoms with E-state index in [2.05, 4.69) is 5.10 Å². The largest absolute Gasteiger partial charge is 0.493 e. The zero-order valence-electron chi connectivity index (χ0n) is 18.0. The fraction of sp³-hybridized carbons (Fsp3) is 0.208. The molecule has 170 valence electrons. The molecule has 9 heteroatoms. The monoisotopic (exact) mass is 468 g/mol. The predicted octanol–water partition coefficient (Wildman–Crippen LogP) is 4.44. The number of benzene rings is 2. The number of halogens is 1. The molecule has 4 rings (SSSR count). The Morgan fingerprint density at radius 2 is 1.85 bits per heavy atom. The van der Waals surface area contributed by atoms with Crippen LogP contribution in [0, 0.1) is 5.82 Å². The van der Waals surface area contributed by atoms with E-state index in [9.17, 15) is 14.0 Å². The molecule has 1 aliphatic rings. The maximum absolute atomic E-state index is 13.1. The molecule has 0 fully saturated rings. The normalized spacial score (nSPS) is 15.2. The highest BCUT2D eigenvalue weighted by atomic mass is 32.1. The summed E-state index contributed by atoms with van der Waals surface area (Å²) in [6.45, 7) is -0.499. The number of thiophene rings is 1. The zero-order chi connectivity index (χ0) is 23.4. The van der Waals surface area contributed by atoms with Gasteiger partial charge in [0.1, 0.15) is 5.82 Å². The Bertz CT molecular complexity index is 1180. The van der Waals surface area contributed by atoms with E-state index in [0.717, 1.165) is 28.3 Å². The molecule has 1 unspecified atom stereocenters. The lowest BCUT2D eigenvalue weighted by Gasteiger charge is -2.22. The molecule has 33 heavy (non-hydrogen) atoms. The Morgan fingerprint density at radius 3 is 2.52 bits per heavy atom. The van der Waals surface area contributed by atoms with E-state index < -0.39 is 30.3 Å². The molecule has 0 saturated carbocycles. The fourth-order valence-electron chi connectivity index (χ4n) is 3.51. The summed E-state index contributed by atoms with van der Waals surface area (Å²) in [6.07, 6.45) is 0.494. The van der Waals surface area contributed by atoms with E-state index in [1.165, 1.54) is 28.5 Å². The summed E-state index contributed by atoms with van der Waals surface area (Å²) in [6, 6.07) is 13.8. The summed E-state index contributed by atoms with van der Waals surface area (Å²) >= 11 is 1.53. The van der Waals surface area contributed by atoms with Crippen molar-refractivity contribution in [3.8, 4) is 11.5 Å². The Labute approximate surface area is 194 Å². The molecular weight excluding hydrogens is 447 g/mol. The lowest BCUT2D eigenvalue weighted by molar-refractivity contribution is -0.136. The van der Waals surface area contributed by atoms with Gasteiger partial charge in [0.2, 0.25) is 0 Å². The number of hydrazone groups is 1. The van der Waals surface area contributed by atoms with Gasteiger partial charge in [-0.2, -0.15) is 5.10 Å². The van der Waals surface area contributed by atoms with Gasteiger partial charge in [-0.1, -0.05) is 12.1 Å². The molecule has 1 amide bonds. The summed E-state index contributed by atoms with van der Waals surface area (Å²) < 4.78 is 29.0. The van der Waals surface area contributed by atoms with Crippen molar-refractivity contribution in [1.82, 2.24) is 5.01 Å². The van der Waals surface area contributed by atoms with Crippen LogP contribution in [0.1, 0.15) is 33.3 Å². The van der Waals surface area contributed by atoms with Gasteiger partial charge < -0.3 is 14.2 Å². The van der Waals surface area contributed by atoms with Crippen LogP contribution in [-0.4, -0.2) is 43.4 Å². The molecule has 1 aromatic heterocycles. The standard InChI is InChI=1S/C24H21FN2O5S/c1-30-20-10-7-16(12-21(20)31-2)19-13-18(22-4-3-11-33-22)26-27(19)23(28)14-32-24(29)15-5-8-17(25)9-6-15/h3-12,19H,13-14H2,1-2H3. The molecule has 0 radical (unpaired) electrons. The smallest absolute Gasteiger partial charge is 0.338 e. The quantitative estimate of drug-likeness (QED) is 0.479. The molecule has 1 atom stereocenters. The van der Waals surface area contributed by atoms with Crippen LogP contribution in [0.15, 0.2) is 65.1 Å². The number of hydrogen-bond acceptors (Lipinski definition) is 7. The van der Waals surface area contributed by atoms with Gasteiger partial charge in [0.15, 0.2) is 18.1 Å². The first-order valence-electron chi connectivity index (χ1n) is 10.1. The van der Waals surface area contributed by atoms with Gasteiger partial charge >= 0.3 is 5.97 Å². The first-order chi connectivity index (χ1) is 16.0. The number of methoxy groups -OCH3 is 2. The van der Waals surface area contributed by atoms with Crippen LogP contribution in [0.4, 0.5) is 4.39 Å². The van der Waals surface area contributed by atoms with Gasteiger partial charge in [-0.15, -0.1) is 11.3 Å². The number of amides is 1. The van der Waals surface area contributed by atoms with Crippen molar-refractivity contribution in [2.45, 2.75) is 12.5 Å². The number of rotatable bonds is 7. The molecule has 1 aliphatic heterocycles. The van der Waals surface area contributed by atoms with Crippen LogP contribution in [0.2, 0.25) is 0 Å². The first-order valence-corrected chi connectivity index (χ1v) is 11.0. The number of carbonyl (C=O) groups excluding carboxylic acids is 2. The Kier molecular flexibility index (Phi) is 6.69. The van der Waals surface area contributed by atoms with E-state index >= 15 is 0 Å². The second-order valence-corrected chi connectivity index (χ2v) is 8.13. The van der Waals surface area contributed by atoms with Gasteiger partial charge in [-0.05, 0) is 53.4 Å². The molecule has 2 aromatic carbocycles. The summed E-state index contributed by atoms with van der Waals surface area (Å²) in [5, 5.41) is 7.83. The van der Waals surface area contributed by atoms with E-state index in [4.69, 9.17) is 14.2 Å². The number of carbonyl (C=O) groups is 2. The summed E-state index contributed by atoms with van der Waals surface area (Å²) in [5.74, 6) is -0.545. The highest BCUT2D eigenvalue weighted by molar-refractivity contribution is 7.12. The molecular formula is C24H21FN2O5S. The number of esters is 1. The van der Waals surface area contributed by atoms with Gasteiger partial charge in [0.25, 0.3) is 5.91 Å². The third-order valence-electron chi connectivity index (χ3n) is 5.17. The van der Waals surface area contributed by atoms with E-state index in [1.54, 1.807) is 26.4 Å². The minimum atomic E-state index is -0.715. The third kappa shape index (κ3) is 4.88. The average Bonchev–Trinajstić information content (AvgIpc) is 3.52. The number of ether oxygens (including phenoxy) is 3. The lowest BCUT2D eigenvalue weighted by atomic mass is 10.0. The predicted molar refractivity (Wildman–Crippen MR) is 121 cm³/mol. The van der Waals surface area contributed by atoms with Crippen molar-refractivity contribution in [2.24, 2.45) is 5.10 Å². The van der Waals surface area contributed by atoms with Gasteiger partial charge in [-0.25, -0.2) is 14.2 Å². The second-order valence-electron chi connectivity index (χ2n) is 7.18. The highest BCUT2D eigenvalue weighted by Gasteiger charge is 2.34. The molecule has 0 N–H and O–H groups in total. The molecule has 2 heterocycles. The van der Waals surface area contributed by atoms with Crippen LogP contribution >= 0.6 is 11.3 Å². The lowest BCUT2D eigenvalue weighted by Crippen LogP contribution is -2.31. The SMILES string of the molecule is COc1ccc(C2CC(c3cccs3)=NN2C(=O)COC(=O)c2ccc(F)cc2)cc1OC. The molecule has 0 saturated heterocycles. The van der Waals surface area contributed by atoms with Gasteiger partial charge in [-0.3, -0.25) is 4.79 Å². The maximum Gasteiger partial charge on any atom is 0.338 e. The minimum Gasteiger partial charge on any atom is -0.493 e. The topological polar surface area (TPSA) is 77.4 Å². The third-order valence-corrected chi connectivity index (χ3v) is 6.09. The van der Waals surface area contributed by atoms with Crippen LogP contribution in [0.25, 0.3) is 0 Å². The van der Waals surface area contributed by atoms with Crippen molar-refractivity contribution >= 4 is 28.9 Å². The molecule has 0 bridgehead atoms. The van der Waals surface area contributed by atoms with Crippen LogP contribution in [0.3, 0.4) is 0 Å². The minimum absolute atomic E-state index is 0.157. The van der Waals surface area contributed by atoms with Crippen molar-refractivity contribution in [3.05, 3.63) is 81.8 Å². The molecule has 7 nitrogen and oxygen atoms in total. The van der Waals surface area contributed by atoms with Crippen LogP contribution < -0.4 is 9.47 Å². The van der Waals surface area contributed by atoms with Crippen molar-refractivity contribution in [3.63, 3.8) is 0 Å². The summed E-state index contributed by atoms with van der Waals surface area (Å²) in [7, 11) is 3.10. The number of hydrogen-bond donors (Lipinski definition) is 0. The van der Waals surface area contributed by atoms with E-state index in [0.29, 0.717) is 17.9 Å². The molecule has 3 aromatic rings. The van der Waals surface area contributed by atoms with E-state index in [-0.39, 0.29) is 5.56 Å². The van der Waals surface area contributed by atoms with E-state index in [1.807, 2.05) is 23.6 Å². The molecule has 0 spiro atoms. The Balaban J connectivity index is 1.56. The Morgan fingerprint density at radius 1 is 1.09 bits per heavy atom. The second kappa shape index (κ2) is 9.83. The fourth-order valence-corrected chi connectivity index (χ4v) is 4.24. The molecule has 0 aliphatic carbocycles. The van der Waals surface area contributed by atoms with Crippen LogP contribution in [-0.2, 0) is 9.53 Å². The summed E-state index contributed by atoms with van der Waals surface area (Å²) in [4.78, 5) is 26.3.